The molecule has 3 atom stereocenters. The van der Waals surface area contributed by atoms with Crippen LogP contribution in [-0.2, 0) is 4.74 Å². The van der Waals surface area contributed by atoms with Crippen LogP contribution < -0.4 is 0 Å². The predicted octanol–water partition coefficient (Wildman–Crippen LogP) is 1.97. The number of aryl methyl sites for hydroxylation is 1. The molecule has 1 amide bonds. The summed E-state index contributed by atoms with van der Waals surface area (Å²) in [4.78, 5) is 18.9. The zero-order chi connectivity index (χ0) is 17.0. The van der Waals surface area contributed by atoms with Crippen LogP contribution in [0.4, 0.5) is 0 Å². The van der Waals surface area contributed by atoms with Gasteiger partial charge in [-0.1, -0.05) is 5.16 Å². The number of likely N-dealkylation sites (tertiary alicyclic amines) is 1. The van der Waals surface area contributed by atoms with Gasteiger partial charge in [-0.3, -0.25) is 9.89 Å². The van der Waals surface area contributed by atoms with Crippen molar-refractivity contribution in [3.8, 4) is 0 Å². The van der Waals surface area contributed by atoms with Gasteiger partial charge >= 0.3 is 0 Å². The molecule has 3 fully saturated rings. The Hall–Kier alpha value is -2.22. The molecule has 8 nitrogen and oxygen atoms in total. The maximum absolute atomic E-state index is 12.7. The lowest BCUT2D eigenvalue weighted by molar-refractivity contribution is -0.00708. The molecule has 5 rings (SSSR count). The van der Waals surface area contributed by atoms with Crippen molar-refractivity contribution in [1.29, 1.82) is 0 Å². The van der Waals surface area contributed by atoms with E-state index in [1.807, 2.05) is 11.8 Å². The molecule has 2 aromatic rings. The molecular formula is C17H21N5O3. The molecule has 2 aromatic heterocycles. The van der Waals surface area contributed by atoms with E-state index in [1.54, 1.807) is 6.07 Å². The minimum Gasteiger partial charge on any atom is -0.365 e. The number of nitrogens with one attached hydrogen (secondary N) is 1. The number of piperidine rings is 1. The summed E-state index contributed by atoms with van der Waals surface area (Å²) in [6, 6.07) is 1.81. The Bertz CT molecular complexity index is 796. The molecule has 1 N–H and O–H groups in total. The van der Waals surface area contributed by atoms with E-state index in [9.17, 15) is 4.79 Å². The standard InChI is InChI=1S/C17H21N5O3/c1-9-18-16(20-19-9)14-6-11-4-5-22(8-15(11)24-14)17(23)12-7-13(25-21-12)10-2-3-10/h7,10-11,14-15H,2-6,8H2,1H3,(H,18,19,20)/t11?,14-,15-/m1/s1. The highest BCUT2D eigenvalue weighted by molar-refractivity contribution is 5.92. The van der Waals surface area contributed by atoms with Crippen LogP contribution >= 0.6 is 0 Å². The minimum absolute atomic E-state index is 0.0382. The summed E-state index contributed by atoms with van der Waals surface area (Å²) in [6.07, 6.45) is 4.07. The summed E-state index contributed by atoms with van der Waals surface area (Å²) in [5.74, 6) is 3.21. The minimum atomic E-state index is -0.0801. The number of hydrogen-bond donors (Lipinski definition) is 1. The van der Waals surface area contributed by atoms with Gasteiger partial charge in [0.15, 0.2) is 11.5 Å². The highest BCUT2D eigenvalue weighted by Gasteiger charge is 2.42. The lowest BCUT2D eigenvalue weighted by Gasteiger charge is -2.33. The predicted molar refractivity (Wildman–Crippen MR) is 85.8 cm³/mol. The molecule has 0 aromatic carbocycles. The molecule has 4 heterocycles. The number of fused-ring (bicyclic) bond motifs is 1. The van der Waals surface area contributed by atoms with E-state index in [0.29, 0.717) is 24.1 Å². The Morgan fingerprint density at radius 1 is 1.36 bits per heavy atom. The Labute approximate surface area is 144 Å². The van der Waals surface area contributed by atoms with Crippen molar-refractivity contribution >= 4 is 5.91 Å². The molecule has 8 heteroatoms. The molecule has 0 bridgehead atoms. The second-order valence-corrected chi connectivity index (χ2v) is 7.37. The summed E-state index contributed by atoms with van der Waals surface area (Å²) in [5.41, 5.74) is 0.416. The van der Waals surface area contributed by atoms with Gasteiger partial charge in [0.1, 0.15) is 17.7 Å². The van der Waals surface area contributed by atoms with E-state index >= 15 is 0 Å². The second kappa shape index (κ2) is 5.66. The van der Waals surface area contributed by atoms with Crippen LogP contribution in [0, 0.1) is 12.8 Å². The van der Waals surface area contributed by atoms with Gasteiger partial charge in [-0.05, 0) is 38.5 Å². The van der Waals surface area contributed by atoms with Gasteiger partial charge in [0, 0.05) is 25.1 Å². The normalized spacial score (nSPS) is 29.0. The Morgan fingerprint density at radius 2 is 2.24 bits per heavy atom. The van der Waals surface area contributed by atoms with Crippen LogP contribution in [0.25, 0.3) is 0 Å². The first-order valence-electron chi connectivity index (χ1n) is 8.97. The van der Waals surface area contributed by atoms with Gasteiger partial charge in [0.25, 0.3) is 5.91 Å². The number of ether oxygens (including phenoxy) is 1. The van der Waals surface area contributed by atoms with E-state index in [4.69, 9.17) is 9.26 Å². The summed E-state index contributed by atoms with van der Waals surface area (Å²) in [5, 5.41) is 11.1. The number of carbonyl (C=O) groups excluding carboxylic acids is 1. The molecule has 1 saturated carbocycles. The zero-order valence-electron chi connectivity index (χ0n) is 14.1. The van der Waals surface area contributed by atoms with Gasteiger partial charge in [-0.2, -0.15) is 5.10 Å². The molecule has 3 aliphatic rings. The maximum Gasteiger partial charge on any atom is 0.276 e. The Morgan fingerprint density at radius 3 is 3.00 bits per heavy atom. The smallest absolute Gasteiger partial charge is 0.276 e. The van der Waals surface area contributed by atoms with E-state index in [1.165, 1.54) is 0 Å². The zero-order valence-corrected chi connectivity index (χ0v) is 14.1. The highest BCUT2D eigenvalue weighted by Crippen LogP contribution is 2.41. The van der Waals surface area contributed by atoms with Crippen LogP contribution in [0.2, 0.25) is 0 Å². The van der Waals surface area contributed by atoms with E-state index in [0.717, 1.165) is 49.6 Å². The molecule has 0 radical (unpaired) electrons. The molecule has 2 saturated heterocycles. The molecular weight excluding hydrogens is 322 g/mol. The average molecular weight is 343 g/mol. The summed E-state index contributed by atoms with van der Waals surface area (Å²) in [7, 11) is 0. The quantitative estimate of drug-likeness (QED) is 0.915. The van der Waals surface area contributed by atoms with Crippen LogP contribution in [0.1, 0.15) is 65.6 Å². The largest absolute Gasteiger partial charge is 0.365 e. The lowest BCUT2D eigenvalue weighted by atomic mass is 9.91. The third-order valence-corrected chi connectivity index (χ3v) is 5.47. The highest BCUT2D eigenvalue weighted by atomic mass is 16.5. The van der Waals surface area contributed by atoms with E-state index in [-0.39, 0.29) is 18.1 Å². The molecule has 2 aliphatic heterocycles. The van der Waals surface area contributed by atoms with Gasteiger partial charge in [0.2, 0.25) is 0 Å². The number of amides is 1. The fourth-order valence-corrected chi connectivity index (χ4v) is 3.90. The SMILES string of the molecule is Cc1nc([C@H]2CC3CCN(C(=O)c4cc(C5CC5)on4)C[C@H]3O2)n[nH]1. The van der Waals surface area contributed by atoms with Crippen molar-refractivity contribution in [2.45, 2.75) is 50.7 Å². The molecule has 25 heavy (non-hydrogen) atoms. The molecule has 132 valence electrons. The van der Waals surface area contributed by atoms with Gasteiger partial charge in [-0.15, -0.1) is 0 Å². The van der Waals surface area contributed by atoms with E-state index < -0.39 is 0 Å². The number of nitrogens with zero attached hydrogens (tertiary/aromatic N) is 4. The van der Waals surface area contributed by atoms with Crippen molar-refractivity contribution in [2.75, 3.05) is 13.1 Å². The number of hydrogen-bond acceptors (Lipinski definition) is 6. The Balaban J connectivity index is 1.26. The fraction of sp³-hybridized carbons (Fsp3) is 0.647. The first-order chi connectivity index (χ1) is 12.2. The summed E-state index contributed by atoms with van der Waals surface area (Å²) < 4.78 is 11.5. The number of H-pyrrole nitrogens is 1. The second-order valence-electron chi connectivity index (χ2n) is 7.37. The van der Waals surface area contributed by atoms with Crippen molar-refractivity contribution in [1.82, 2.24) is 25.2 Å². The third kappa shape index (κ3) is 2.74. The van der Waals surface area contributed by atoms with Crippen LogP contribution in [0.3, 0.4) is 0 Å². The maximum atomic E-state index is 12.7. The van der Waals surface area contributed by atoms with Gasteiger partial charge in [-0.25, -0.2) is 4.98 Å². The fourth-order valence-electron chi connectivity index (χ4n) is 3.90. The number of rotatable bonds is 3. The monoisotopic (exact) mass is 343 g/mol. The number of aromatic amines is 1. The van der Waals surface area contributed by atoms with E-state index in [2.05, 4.69) is 20.3 Å². The first-order valence-corrected chi connectivity index (χ1v) is 8.97. The van der Waals surface area contributed by atoms with Crippen LogP contribution in [0.15, 0.2) is 10.6 Å². The van der Waals surface area contributed by atoms with Crippen LogP contribution in [0.5, 0.6) is 0 Å². The summed E-state index contributed by atoms with van der Waals surface area (Å²) >= 11 is 0. The number of aromatic nitrogens is 4. The molecule has 1 unspecified atom stereocenters. The van der Waals surface area contributed by atoms with Crippen LogP contribution in [-0.4, -0.2) is 50.3 Å². The lowest BCUT2D eigenvalue weighted by Crippen LogP contribution is -2.45. The van der Waals surface area contributed by atoms with Crippen molar-refractivity contribution in [2.24, 2.45) is 5.92 Å². The topological polar surface area (TPSA) is 97.1 Å². The third-order valence-electron chi connectivity index (χ3n) is 5.47. The van der Waals surface area contributed by atoms with Crippen molar-refractivity contribution in [3.05, 3.63) is 29.2 Å². The van der Waals surface area contributed by atoms with Gasteiger partial charge < -0.3 is 14.2 Å². The van der Waals surface area contributed by atoms with Crippen molar-refractivity contribution in [3.63, 3.8) is 0 Å². The van der Waals surface area contributed by atoms with Gasteiger partial charge in [0.05, 0.1) is 6.10 Å². The number of carbonyl (C=O) groups is 1. The molecule has 0 spiro atoms. The molecule has 1 aliphatic carbocycles. The van der Waals surface area contributed by atoms with Crippen molar-refractivity contribution < 1.29 is 14.1 Å². The Kier molecular flexibility index (Phi) is 3.41. The first kappa shape index (κ1) is 15.1. The summed E-state index contributed by atoms with van der Waals surface area (Å²) in [6.45, 7) is 3.20. The average Bonchev–Trinajstić information content (AvgIpc) is 3.03.